The fraction of sp³-hybridized carbons (Fsp3) is 0.471. The molecule has 9 heteroatoms. The number of hydrogen-bond acceptors (Lipinski definition) is 4. The number of carbonyl (C=O) groups excluding carboxylic acids is 3. The van der Waals surface area contributed by atoms with Gasteiger partial charge < -0.3 is 26.6 Å². The van der Waals surface area contributed by atoms with Gasteiger partial charge in [0.05, 0.1) is 13.1 Å². The molecule has 142 valence electrons. The van der Waals surface area contributed by atoms with E-state index in [1.54, 1.807) is 11.0 Å². The molecular weight excluding hydrogens is 341 g/mol. The van der Waals surface area contributed by atoms with Crippen molar-refractivity contribution in [3.8, 4) is 0 Å². The second-order valence-corrected chi connectivity index (χ2v) is 6.17. The Labute approximate surface area is 151 Å². The standard InChI is InChI=1S/C17H24FN5O3/c18-13-4-1-5-14(7-13)22-17(26)21-9-12-3-2-6-23(11-12)16(25)10-20-15(24)8-19/h1,4-5,7,12H,2-3,6,8-11,19H2,(H,20,24)(H2,21,22,26). The van der Waals surface area contributed by atoms with E-state index in [1.165, 1.54) is 18.2 Å². The van der Waals surface area contributed by atoms with Crippen LogP contribution in [-0.2, 0) is 9.59 Å². The first-order valence-corrected chi connectivity index (χ1v) is 8.53. The molecule has 1 aromatic rings. The molecular formula is C17H24FN5O3. The molecule has 1 saturated heterocycles. The number of carbonyl (C=O) groups is 3. The summed E-state index contributed by atoms with van der Waals surface area (Å²) < 4.78 is 13.1. The van der Waals surface area contributed by atoms with Crippen molar-refractivity contribution < 1.29 is 18.8 Å². The lowest BCUT2D eigenvalue weighted by molar-refractivity contribution is -0.134. The van der Waals surface area contributed by atoms with E-state index in [0.29, 0.717) is 25.3 Å². The lowest BCUT2D eigenvalue weighted by Crippen LogP contribution is -2.48. The average Bonchev–Trinajstić information content (AvgIpc) is 2.64. The van der Waals surface area contributed by atoms with Gasteiger partial charge in [0, 0.05) is 25.3 Å². The van der Waals surface area contributed by atoms with Gasteiger partial charge >= 0.3 is 6.03 Å². The largest absolute Gasteiger partial charge is 0.346 e. The highest BCUT2D eigenvalue weighted by molar-refractivity contribution is 5.89. The Morgan fingerprint density at radius 3 is 2.81 bits per heavy atom. The van der Waals surface area contributed by atoms with Crippen molar-refractivity contribution >= 4 is 23.5 Å². The van der Waals surface area contributed by atoms with Crippen LogP contribution in [0.3, 0.4) is 0 Å². The number of likely N-dealkylation sites (tertiary alicyclic amines) is 1. The number of nitrogens with one attached hydrogen (secondary N) is 3. The van der Waals surface area contributed by atoms with Crippen LogP contribution >= 0.6 is 0 Å². The number of rotatable bonds is 6. The van der Waals surface area contributed by atoms with Gasteiger partial charge in [0.15, 0.2) is 0 Å². The third kappa shape index (κ3) is 6.32. The van der Waals surface area contributed by atoms with E-state index >= 15 is 0 Å². The van der Waals surface area contributed by atoms with Crippen LogP contribution in [0, 0.1) is 11.7 Å². The number of amides is 4. The molecule has 0 aromatic heterocycles. The minimum atomic E-state index is -0.425. The highest BCUT2D eigenvalue weighted by Gasteiger charge is 2.24. The Morgan fingerprint density at radius 2 is 2.08 bits per heavy atom. The van der Waals surface area contributed by atoms with E-state index in [2.05, 4.69) is 16.0 Å². The number of piperidine rings is 1. The number of halogens is 1. The molecule has 0 radical (unpaired) electrons. The Balaban J connectivity index is 1.74. The van der Waals surface area contributed by atoms with Gasteiger partial charge in [-0.15, -0.1) is 0 Å². The first-order valence-electron chi connectivity index (χ1n) is 8.53. The number of hydrogen-bond donors (Lipinski definition) is 4. The molecule has 1 unspecified atom stereocenters. The van der Waals surface area contributed by atoms with E-state index in [-0.39, 0.29) is 30.8 Å². The second-order valence-electron chi connectivity index (χ2n) is 6.17. The summed E-state index contributed by atoms with van der Waals surface area (Å²) in [6.07, 6.45) is 1.72. The molecule has 26 heavy (non-hydrogen) atoms. The predicted molar refractivity (Wildman–Crippen MR) is 94.8 cm³/mol. The molecule has 1 heterocycles. The molecule has 4 amide bonds. The first-order chi connectivity index (χ1) is 12.5. The molecule has 2 rings (SSSR count). The number of nitrogens with zero attached hydrogens (tertiary/aromatic N) is 1. The number of anilines is 1. The van der Waals surface area contributed by atoms with Crippen molar-refractivity contribution in [2.45, 2.75) is 12.8 Å². The third-order valence-corrected chi connectivity index (χ3v) is 4.13. The summed E-state index contributed by atoms with van der Waals surface area (Å²) in [6, 6.07) is 5.22. The average molecular weight is 365 g/mol. The molecule has 1 atom stereocenters. The fourth-order valence-corrected chi connectivity index (χ4v) is 2.79. The molecule has 1 aromatic carbocycles. The van der Waals surface area contributed by atoms with Crippen molar-refractivity contribution in [1.29, 1.82) is 0 Å². The summed E-state index contributed by atoms with van der Waals surface area (Å²) in [5.74, 6) is -0.842. The zero-order chi connectivity index (χ0) is 18.9. The van der Waals surface area contributed by atoms with Gasteiger partial charge in [-0.25, -0.2) is 9.18 Å². The van der Waals surface area contributed by atoms with Crippen molar-refractivity contribution in [2.24, 2.45) is 11.7 Å². The number of nitrogens with two attached hydrogens (primary N) is 1. The van der Waals surface area contributed by atoms with Crippen molar-refractivity contribution in [3.05, 3.63) is 30.1 Å². The molecule has 1 aliphatic rings. The van der Waals surface area contributed by atoms with Gasteiger partial charge in [0.25, 0.3) is 0 Å². The van der Waals surface area contributed by atoms with E-state index in [4.69, 9.17) is 5.73 Å². The predicted octanol–water partition coefficient (Wildman–Crippen LogP) is 0.261. The highest BCUT2D eigenvalue weighted by Crippen LogP contribution is 2.16. The van der Waals surface area contributed by atoms with Crippen molar-refractivity contribution in [2.75, 3.05) is 38.0 Å². The van der Waals surface area contributed by atoms with Crippen LogP contribution in [-0.4, -0.2) is 55.5 Å². The van der Waals surface area contributed by atoms with Crippen LogP contribution in [0.25, 0.3) is 0 Å². The van der Waals surface area contributed by atoms with Crippen LogP contribution in [0.5, 0.6) is 0 Å². The first kappa shape index (κ1) is 19.6. The summed E-state index contributed by atoms with van der Waals surface area (Å²) in [5.41, 5.74) is 5.56. The Kier molecular flexibility index (Phi) is 7.34. The maximum Gasteiger partial charge on any atom is 0.319 e. The minimum absolute atomic E-state index is 0.0732. The molecule has 0 bridgehead atoms. The highest BCUT2D eigenvalue weighted by atomic mass is 19.1. The van der Waals surface area contributed by atoms with Crippen LogP contribution in [0.15, 0.2) is 24.3 Å². The molecule has 0 spiro atoms. The zero-order valence-electron chi connectivity index (χ0n) is 14.5. The molecule has 8 nitrogen and oxygen atoms in total. The topological polar surface area (TPSA) is 117 Å². The molecule has 1 fully saturated rings. The molecule has 0 saturated carbocycles. The lowest BCUT2D eigenvalue weighted by atomic mass is 9.98. The summed E-state index contributed by atoms with van der Waals surface area (Å²) in [7, 11) is 0. The van der Waals surface area contributed by atoms with Crippen LogP contribution in [0.1, 0.15) is 12.8 Å². The molecule has 0 aliphatic carbocycles. The quantitative estimate of drug-likeness (QED) is 0.579. The Morgan fingerprint density at radius 1 is 1.27 bits per heavy atom. The van der Waals surface area contributed by atoms with E-state index < -0.39 is 11.8 Å². The molecule has 1 aliphatic heterocycles. The zero-order valence-corrected chi connectivity index (χ0v) is 14.5. The van der Waals surface area contributed by atoms with Crippen LogP contribution in [0.4, 0.5) is 14.9 Å². The van der Waals surface area contributed by atoms with Crippen molar-refractivity contribution in [3.63, 3.8) is 0 Å². The van der Waals surface area contributed by atoms with Gasteiger partial charge in [-0.2, -0.15) is 0 Å². The second kappa shape index (κ2) is 9.71. The molecule has 5 N–H and O–H groups in total. The third-order valence-electron chi connectivity index (χ3n) is 4.13. The normalized spacial score (nSPS) is 16.7. The van der Waals surface area contributed by atoms with Crippen LogP contribution < -0.4 is 21.7 Å². The number of urea groups is 1. The summed E-state index contributed by atoms with van der Waals surface area (Å²) >= 11 is 0. The van der Waals surface area contributed by atoms with Crippen LogP contribution in [0.2, 0.25) is 0 Å². The van der Waals surface area contributed by atoms with E-state index in [0.717, 1.165) is 12.8 Å². The van der Waals surface area contributed by atoms with E-state index in [1.807, 2.05) is 0 Å². The smallest absolute Gasteiger partial charge is 0.319 e. The summed E-state index contributed by atoms with van der Waals surface area (Å²) in [4.78, 5) is 36.8. The SMILES string of the molecule is NCC(=O)NCC(=O)N1CCCC(CNC(=O)Nc2cccc(F)c2)C1. The minimum Gasteiger partial charge on any atom is -0.346 e. The maximum atomic E-state index is 13.1. The maximum absolute atomic E-state index is 13.1. The van der Waals surface area contributed by atoms with E-state index in [9.17, 15) is 18.8 Å². The monoisotopic (exact) mass is 365 g/mol. The Bertz CT molecular complexity index is 655. The van der Waals surface area contributed by atoms with Gasteiger partial charge in [0.2, 0.25) is 11.8 Å². The Hall–Kier alpha value is -2.68. The van der Waals surface area contributed by atoms with Gasteiger partial charge in [-0.1, -0.05) is 6.07 Å². The van der Waals surface area contributed by atoms with Gasteiger partial charge in [0.1, 0.15) is 5.82 Å². The van der Waals surface area contributed by atoms with Gasteiger partial charge in [-0.05, 0) is 37.0 Å². The fourth-order valence-electron chi connectivity index (χ4n) is 2.79. The number of benzene rings is 1. The summed E-state index contributed by atoms with van der Waals surface area (Å²) in [6.45, 7) is 1.32. The summed E-state index contributed by atoms with van der Waals surface area (Å²) in [5, 5.41) is 7.77. The van der Waals surface area contributed by atoms with Crippen molar-refractivity contribution in [1.82, 2.24) is 15.5 Å². The van der Waals surface area contributed by atoms with Gasteiger partial charge in [-0.3, -0.25) is 9.59 Å². The lowest BCUT2D eigenvalue weighted by Gasteiger charge is -2.33.